The Bertz CT molecular complexity index is 795. The van der Waals surface area contributed by atoms with E-state index in [0.29, 0.717) is 18.8 Å². The monoisotopic (exact) mass is 356 g/mol. The highest BCUT2D eigenvalue weighted by Gasteiger charge is 2.23. The van der Waals surface area contributed by atoms with Gasteiger partial charge in [-0.2, -0.15) is 4.98 Å². The smallest absolute Gasteiger partial charge is 0.246 e. The van der Waals surface area contributed by atoms with Crippen molar-refractivity contribution < 1.29 is 9.18 Å². The molecular formula is C18H21FN6O. The number of aryl methyl sites for hydroxylation is 1. The van der Waals surface area contributed by atoms with Crippen molar-refractivity contribution in [2.75, 3.05) is 23.7 Å². The molecule has 136 valence electrons. The van der Waals surface area contributed by atoms with Gasteiger partial charge in [0.2, 0.25) is 11.9 Å². The number of carbonyl (C=O) groups excluding carboxylic acids is 1. The molecule has 0 aliphatic carbocycles. The molecule has 0 spiro atoms. The number of amides is 1. The number of carbonyl (C=O) groups is 1. The number of nitrogens with one attached hydrogen (secondary N) is 2. The molecule has 0 bridgehead atoms. The lowest BCUT2D eigenvalue weighted by molar-refractivity contribution is -0.127. The van der Waals surface area contributed by atoms with Crippen molar-refractivity contribution in [1.82, 2.24) is 19.9 Å². The molecule has 2 aromatic heterocycles. The van der Waals surface area contributed by atoms with Crippen LogP contribution in [0.5, 0.6) is 0 Å². The Morgan fingerprint density at radius 2 is 2.23 bits per heavy atom. The van der Waals surface area contributed by atoms with Crippen molar-refractivity contribution in [3.05, 3.63) is 48.7 Å². The zero-order valence-electron chi connectivity index (χ0n) is 14.6. The molecule has 0 saturated carbocycles. The minimum absolute atomic E-state index is 0.0778. The van der Waals surface area contributed by atoms with Crippen molar-refractivity contribution >= 4 is 23.4 Å². The minimum Gasteiger partial charge on any atom is -0.363 e. The van der Waals surface area contributed by atoms with Crippen LogP contribution in [0.3, 0.4) is 0 Å². The standard InChI is InChI=1S/C18H21FN6O/c1-3-16(26)25-8-4-5-14(11-25)22-17-15(19)10-21-18(24-17)23-13-7-6-12(2)20-9-13/h3,6-7,9-10,14H,1,4-5,8,11H2,2H3,(H2,21,22,23,24)/t14-/m0/s1. The number of aromatic nitrogens is 3. The SMILES string of the molecule is C=CC(=O)N1CCC[C@H](Nc2nc(Nc3ccc(C)nc3)ncc2F)C1. The number of halogens is 1. The van der Waals surface area contributed by atoms with Gasteiger partial charge in [-0.05, 0) is 38.0 Å². The molecule has 2 N–H and O–H groups in total. The minimum atomic E-state index is -0.537. The number of nitrogens with zero attached hydrogens (tertiary/aromatic N) is 4. The summed E-state index contributed by atoms with van der Waals surface area (Å²) in [6, 6.07) is 3.63. The van der Waals surface area contributed by atoms with Crippen molar-refractivity contribution in [2.45, 2.75) is 25.8 Å². The summed E-state index contributed by atoms with van der Waals surface area (Å²) in [6.45, 7) is 6.57. The fourth-order valence-electron chi connectivity index (χ4n) is 2.82. The Kier molecular flexibility index (Phi) is 5.40. The summed E-state index contributed by atoms with van der Waals surface area (Å²) in [5.74, 6) is -0.270. The van der Waals surface area contributed by atoms with E-state index in [-0.39, 0.29) is 23.7 Å². The van der Waals surface area contributed by atoms with E-state index in [4.69, 9.17) is 0 Å². The van der Waals surface area contributed by atoms with Crippen LogP contribution in [0.15, 0.2) is 37.2 Å². The number of hydrogen-bond acceptors (Lipinski definition) is 6. The van der Waals surface area contributed by atoms with Gasteiger partial charge in [-0.3, -0.25) is 9.78 Å². The molecule has 1 aliphatic heterocycles. The third kappa shape index (κ3) is 4.33. The Morgan fingerprint density at radius 1 is 1.38 bits per heavy atom. The third-order valence-corrected chi connectivity index (χ3v) is 4.16. The molecule has 0 unspecified atom stereocenters. The lowest BCUT2D eigenvalue weighted by atomic mass is 10.1. The van der Waals surface area contributed by atoms with Crippen LogP contribution in [0.25, 0.3) is 0 Å². The maximum absolute atomic E-state index is 14.1. The van der Waals surface area contributed by atoms with E-state index in [1.807, 2.05) is 19.1 Å². The number of pyridine rings is 1. The maximum atomic E-state index is 14.1. The highest BCUT2D eigenvalue weighted by atomic mass is 19.1. The Labute approximate surface area is 151 Å². The largest absolute Gasteiger partial charge is 0.363 e. The number of likely N-dealkylation sites (tertiary alicyclic amines) is 1. The molecule has 1 saturated heterocycles. The summed E-state index contributed by atoms with van der Waals surface area (Å²) in [5, 5.41) is 6.09. The van der Waals surface area contributed by atoms with Crippen LogP contribution in [0, 0.1) is 12.7 Å². The van der Waals surface area contributed by atoms with Gasteiger partial charge in [-0.1, -0.05) is 6.58 Å². The number of rotatable bonds is 5. The predicted molar refractivity (Wildman–Crippen MR) is 97.7 cm³/mol. The van der Waals surface area contributed by atoms with Crippen molar-refractivity contribution in [1.29, 1.82) is 0 Å². The van der Waals surface area contributed by atoms with Gasteiger partial charge >= 0.3 is 0 Å². The van der Waals surface area contributed by atoms with E-state index in [9.17, 15) is 9.18 Å². The average Bonchev–Trinajstić information content (AvgIpc) is 2.66. The maximum Gasteiger partial charge on any atom is 0.246 e. The normalized spacial score (nSPS) is 16.8. The molecule has 1 atom stereocenters. The highest BCUT2D eigenvalue weighted by Crippen LogP contribution is 2.20. The van der Waals surface area contributed by atoms with E-state index in [1.54, 1.807) is 11.1 Å². The van der Waals surface area contributed by atoms with E-state index in [1.165, 1.54) is 6.08 Å². The second kappa shape index (κ2) is 7.90. The fraction of sp³-hybridized carbons (Fsp3) is 0.333. The predicted octanol–water partition coefficient (Wildman–Crippen LogP) is 2.65. The first-order valence-electron chi connectivity index (χ1n) is 8.45. The summed E-state index contributed by atoms with van der Waals surface area (Å²) < 4.78 is 14.1. The van der Waals surface area contributed by atoms with Crippen LogP contribution in [-0.2, 0) is 4.79 Å². The van der Waals surface area contributed by atoms with Gasteiger partial charge < -0.3 is 15.5 Å². The lowest BCUT2D eigenvalue weighted by Crippen LogP contribution is -2.44. The van der Waals surface area contributed by atoms with Gasteiger partial charge in [-0.15, -0.1) is 0 Å². The van der Waals surface area contributed by atoms with Gasteiger partial charge in [0.15, 0.2) is 11.6 Å². The molecule has 3 heterocycles. The molecule has 7 nitrogen and oxygen atoms in total. The number of hydrogen-bond donors (Lipinski definition) is 2. The van der Waals surface area contributed by atoms with Crippen LogP contribution in [0.1, 0.15) is 18.5 Å². The van der Waals surface area contributed by atoms with E-state index in [0.717, 1.165) is 24.7 Å². The number of piperidine rings is 1. The Balaban J connectivity index is 1.70. The first-order valence-corrected chi connectivity index (χ1v) is 8.45. The molecule has 0 aromatic carbocycles. The van der Waals surface area contributed by atoms with Gasteiger partial charge in [0.1, 0.15) is 0 Å². The molecular weight excluding hydrogens is 335 g/mol. The molecule has 26 heavy (non-hydrogen) atoms. The summed E-state index contributed by atoms with van der Waals surface area (Å²) in [5.41, 5.74) is 1.61. The second-order valence-electron chi connectivity index (χ2n) is 6.18. The van der Waals surface area contributed by atoms with Crippen LogP contribution in [-0.4, -0.2) is 44.9 Å². The van der Waals surface area contributed by atoms with Crippen molar-refractivity contribution in [3.63, 3.8) is 0 Å². The quantitative estimate of drug-likeness (QED) is 0.802. The molecule has 8 heteroatoms. The fourth-order valence-corrected chi connectivity index (χ4v) is 2.82. The lowest BCUT2D eigenvalue weighted by Gasteiger charge is -2.32. The number of anilines is 3. The van der Waals surface area contributed by atoms with Gasteiger partial charge in [0.05, 0.1) is 18.1 Å². The zero-order valence-corrected chi connectivity index (χ0v) is 14.6. The molecule has 1 aliphatic rings. The van der Waals surface area contributed by atoms with E-state index in [2.05, 4.69) is 32.2 Å². The molecule has 0 radical (unpaired) electrons. The topological polar surface area (TPSA) is 83.0 Å². The van der Waals surface area contributed by atoms with Gasteiger partial charge in [0, 0.05) is 24.8 Å². The van der Waals surface area contributed by atoms with Crippen molar-refractivity contribution in [3.8, 4) is 0 Å². The molecule has 2 aromatic rings. The summed E-state index contributed by atoms with van der Waals surface area (Å²) in [4.78, 5) is 25.8. The summed E-state index contributed by atoms with van der Waals surface area (Å²) >= 11 is 0. The summed E-state index contributed by atoms with van der Waals surface area (Å²) in [7, 11) is 0. The third-order valence-electron chi connectivity index (χ3n) is 4.16. The van der Waals surface area contributed by atoms with Crippen LogP contribution >= 0.6 is 0 Å². The van der Waals surface area contributed by atoms with Crippen LogP contribution in [0.2, 0.25) is 0 Å². The van der Waals surface area contributed by atoms with E-state index >= 15 is 0 Å². The Hall–Kier alpha value is -3.03. The average molecular weight is 356 g/mol. The van der Waals surface area contributed by atoms with Crippen LogP contribution in [0.4, 0.5) is 21.8 Å². The highest BCUT2D eigenvalue weighted by molar-refractivity contribution is 5.87. The van der Waals surface area contributed by atoms with Gasteiger partial charge in [-0.25, -0.2) is 9.37 Å². The van der Waals surface area contributed by atoms with Crippen molar-refractivity contribution in [2.24, 2.45) is 0 Å². The Morgan fingerprint density at radius 3 is 2.96 bits per heavy atom. The molecule has 1 fully saturated rings. The van der Waals surface area contributed by atoms with Gasteiger partial charge in [0.25, 0.3) is 0 Å². The first kappa shape index (κ1) is 17.8. The van der Waals surface area contributed by atoms with E-state index < -0.39 is 5.82 Å². The second-order valence-corrected chi connectivity index (χ2v) is 6.18. The first-order chi connectivity index (χ1) is 12.5. The zero-order chi connectivity index (χ0) is 18.5. The molecule has 3 rings (SSSR count). The van der Waals surface area contributed by atoms with Crippen LogP contribution < -0.4 is 10.6 Å². The summed E-state index contributed by atoms with van der Waals surface area (Å²) in [6.07, 6.45) is 5.74. The molecule has 1 amide bonds.